The molecule has 0 radical (unpaired) electrons. The van der Waals surface area contributed by atoms with E-state index >= 15 is 0 Å². The van der Waals surface area contributed by atoms with Crippen LogP contribution in [0.15, 0.2) is 18.2 Å². The molecule has 1 heterocycles. The fourth-order valence-corrected chi connectivity index (χ4v) is 2.49. The molecule has 1 atom stereocenters. The number of carboxylic acid groups (broad SMARTS) is 1. The second-order valence-electron chi connectivity index (χ2n) is 5.42. The number of aryl methyl sites for hydroxylation is 1. The van der Waals surface area contributed by atoms with E-state index in [1.807, 2.05) is 0 Å². The number of nitrogens with zero attached hydrogens (tertiary/aromatic N) is 1. The molecule has 0 spiro atoms. The Kier molecular flexibility index (Phi) is 5.36. The third-order valence-electron chi connectivity index (χ3n) is 3.69. The lowest BCUT2D eigenvalue weighted by molar-refractivity contribution is -0.141. The van der Waals surface area contributed by atoms with Crippen molar-refractivity contribution < 1.29 is 28.2 Å². The van der Waals surface area contributed by atoms with Crippen LogP contribution in [-0.2, 0) is 11.3 Å². The molecule has 1 saturated heterocycles. The Bertz CT molecular complexity index is 595. The molecule has 0 saturated carbocycles. The number of carbonyl (C=O) groups excluding carboxylic acids is 1. The Morgan fingerprint density at radius 2 is 2.22 bits per heavy atom. The van der Waals surface area contributed by atoms with Gasteiger partial charge in [-0.05, 0) is 19.4 Å². The number of urea groups is 1. The normalized spacial score (nSPS) is 17.4. The number of aliphatic carboxylic acids is 1. The molecule has 0 bridgehead atoms. The van der Waals surface area contributed by atoms with Crippen LogP contribution in [0.5, 0.6) is 5.75 Å². The van der Waals surface area contributed by atoms with Gasteiger partial charge in [-0.15, -0.1) is 0 Å². The van der Waals surface area contributed by atoms with Crippen molar-refractivity contribution in [2.24, 2.45) is 5.92 Å². The highest BCUT2D eigenvalue weighted by atomic mass is 19.3. The topological polar surface area (TPSA) is 78.9 Å². The summed E-state index contributed by atoms with van der Waals surface area (Å²) in [5, 5.41) is 11.5. The Morgan fingerprint density at radius 3 is 2.83 bits per heavy atom. The van der Waals surface area contributed by atoms with E-state index in [9.17, 15) is 18.4 Å². The van der Waals surface area contributed by atoms with Crippen molar-refractivity contribution in [3.63, 3.8) is 0 Å². The highest BCUT2D eigenvalue weighted by molar-refractivity contribution is 5.77. The van der Waals surface area contributed by atoms with Crippen LogP contribution in [0.1, 0.15) is 17.5 Å². The lowest BCUT2D eigenvalue weighted by Gasteiger charge is -2.18. The second-order valence-corrected chi connectivity index (χ2v) is 5.42. The molecule has 0 aliphatic carbocycles. The molecular weight excluding hydrogens is 310 g/mol. The van der Waals surface area contributed by atoms with E-state index in [0.717, 1.165) is 5.56 Å². The van der Waals surface area contributed by atoms with Crippen molar-refractivity contribution in [2.75, 3.05) is 13.1 Å². The summed E-state index contributed by atoms with van der Waals surface area (Å²) in [5.74, 6) is -1.47. The maximum Gasteiger partial charge on any atom is 0.387 e. The van der Waals surface area contributed by atoms with Gasteiger partial charge in [-0.25, -0.2) is 4.79 Å². The number of halogens is 2. The van der Waals surface area contributed by atoms with Crippen molar-refractivity contribution in [3.05, 3.63) is 29.3 Å². The first-order valence-electron chi connectivity index (χ1n) is 7.16. The summed E-state index contributed by atoms with van der Waals surface area (Å²) in [6.45, 7) is -0.611. The first-order chi connectivity index (χ1) is 10.9. The summed E-state index contributed by atoms with van der Waals surface area (Å²) in [4.78, 5) is 24.3. The van der Waals surface area contributed by atoms with Crippen LogP contribution < -0.4 is 10.1 Å². The molecule has 8 heteroatoms. The van der Waals surface area contributed by atoms with E-state index in [1.54, 1.807) is 19.1 Å². The van der Waals surface area contributed by atoms with E-state index in [2.05, 4.69) is 10.1 Å². The van der Waals surface area contributed by atoms with Crippen LogP contribution in [0.4, 0.5) is 13.6 Å². The third kappa shape index (κ3) is 4.54. The number of ether oxygens (including phenoxy) is 1. The van der Waals surface area contributed by atoms with Crippen molar-refractivity contribution in [1.29, 1.82) is 0 Å². The Hall–Kier alpha value is -2.38. The minimum Gasteiger partial charge on any atom is -0.481 e. The fraction of sp³-hybridized carbons (Fsp3) is 0.467. The van der Waals surface area contributed by atoms with Gasteiger partial charge in [0.15, 0.2) is 0 Å². The molecule has 2 rings (SSSR count). The monoisotopic (exact) mass is 328 g/mol. The molecule has 126 valence electrons. The highest BCUT2D eigenvalue weighted by Gasteiger charge is 2.30. The molecule has 1 aliphatic rings. The van der Waals surface area contributed by atoms with Gasteiger partial charge in [0.1, 0.15) is 5.75 Å². The molecule has 2 N–H and O–H groups in total. The van der Waals surface area contributed by atoms with Crippen LogP contribution in [0, 0.1) is 12.8 Å². The third-order valence-corrected chi connectivity index (χ3v) is 3.69. The fourth-order valence-electron chi connectivity index (χ4n) is 2.49. The zero-order valence-electron chi connectivity index (χ0n) is 12.6. The van der Waals surface area contributed by atoms with Crippen molar-refractivity contribution in [1.82, 2.24) is 10.2 Å². The SMILES string of the molecule is Cc1ccc(OC(F)F)c(CNC(=O)N2CCC(C(=O)O)C2)c1. The van der Waals surface area contributed by atoms with Gasteiger partial charge in [-0.2, -0.15) is 8.78 Å². The highest BCUT2D eigenvalue weighted by Crippen LogP contribution is 2.22. The Balaban J connectivity index is 1.96. The van der Waals surface area contributed by atoms with Crippen LogP contribution in [-0.4, -0.2) is 41.7 Å². The zero-order chi connectivity index (χ0) is 17.0. The van der Waals surface area contributed by atoms with Gasteiger partial charge in [0.25, 0.3) is 0 Å². The van der Waals surface area contributed by atoms with E-state index in [0.29, 0.717) is 18.5 Å². The van der Waals surface area contributed by atoms with Crippen molar-refractivity contribution >= 4 is 12.0 Å². The summed E-state index contributed by atoms with van der Waals surface area (Å²) in [5.41, 5.74) is 1.29. The van der Waals surface area contributed by atoms with Crippen molar-refractivity contribution in [2.45, 2.75) is 26.5 Å². The Morgan fingerprint density at radius 1 is 1.48 bits per heavy atom. The van der Waals surface area contributed by atoms with Gasteiger partial charge in [0.05, 0.1) is 5.92 Å². The van der Waals surface area contributed by atoms with Gasteiger partial charge in [-0.1, -0.05) is 17.7 Å². The molecule has 1 aliphatic heterocycles. The number of rotatable bonds is 5. The Labute approximate surface area is 132 Å². The molecular formula is C15H18F2N2O4. The number of likely N-dealkylation sites (tertiary alicyclic amines) is 1. The lowest BCUT2D eigenvalue weighted by atomic mass is 10.1. The van der Waals surface area contributed by atoms with E-state index in [4.69, 9.17) is 5.11 Å². The van der Waals surface area contributed by atoms with Crippen molar-refractivity contribution in [3.8, 4) is 5.75 Å². The maximum atomic E-state index is 12.4. The van der Waals surface area contributed by atoms with Gasteiger partial charge in [-0.3, -0.25) is 4.79 Å². The number of hydrogen-bond donors (Lipinski definition) is 2. The molecule has 6 nitrogen and oxygen atoms in total. The van der Waals surface area contributed by atoms with Gasteiger partial charge >= 0.3 is 18.6 Å². The number of carbonyl (C=O) groups is 2. The summed E-state index contributed by atoms with van der Waals surface area (Å²) >= 11 is 0. The minimum absolute atomic E-state index is 0.00994. The number of carboxylic acids is 1. The predicted molar refractivity (Wildman–Crippen MR) is 77.4 cm³/mol. The van der Waals surface area contributed by atoms with Gasteiger partial charge in [0.2, 0.25) is 0 Å². The van der Waals surface area contributed by atoms with E-state index in [-0.39, 0.29) is 18.8 Å². The second kappa shape index (κ2) is 7.26. The largest absolute Gasteiger partial charge is 0.481 e. The number of hydrogen-bond acceptors (Lipinski definition) is 3. The summed E-state index contributed by atoms with van der Waals surface area (Å²) in [6, 6.07) is 4.31. The van der Waals surface area contributed by atoms with Crippen LogP contribution in [0.2, 0.25) is 0 Å². The molecule has 2 amide bonds. The first kappa shape index (κ1) is 17.0. The average Bonchev–Trinajstić information content (AvgIpc) is 2.97. The van der Waals surface area contributed by atoms with E-state index in [1.165, 1.54) is 11.0 Å². The van der Waals surface area contributed by atoms with Crippen LogP contribution >= 0.6 is 0 Å². The molecule has 1 unspecified atom stereocenters. The number of nitrogens with one attached hydrogen (secondary N) is 1. The minimum atomic E-state index is -2.94. The standard InChI is InChI=1S/C15H18F2N2O4/c1-9-2-3-12(23-14(16)17)11(6-9)7-18-15(22)19-5-4-10(8-19)13(20)21/h2-3,6,10,14H,4-5,7-8H2,1H3,(H,18,22)(H,20,21). The maximum absolute atomic E-state index is 12.4. The van der Waals surface area contributed by atoms with E-state index < -0.39 is 24.5 Å². The summed E-state index contributed by atoms with van der Waals surface area (Å²) in [6.07, 6.45) is 0.410. The number of alkyl halides is 2. The first-order valence-corrected chi connectivity index (χ1v) is 7.16. The molecule has 1 aromatic rings. The average molecular weight is 328 g/mol. The lowest BCUT2D eigenvalue weighted by Crippen LogP contribution is -2.38. The molecule has 0 aromatic heterocycles. The number of benzene rings is 1. The zero-order valence-corrected chi connectivity index (χ0v) is 12.6. The molecule has 23 heavy (non-hydrogen) atoms. The quantitative estimate of drug-likeness (QED) is 0.869. The van der Waals surface area contributed by atoms with Gasteiger partial charge < -0.3 is 20.1 Å². The van der Waals surface area contributed by atoms with Crippen LogP contribution in [0.25, 0.3) is 0 Å². The van der Waals surface area contributed by atoms with Crippen LogP contribution in [0.3, 0.4) is 0 Å². The summed E-state index contributed by atoms with van der Waals surface area (Å²) < 4.78 is 29.2. The molecule has 1 aromatic carbocycles. The predicted octanol–water partition coefficient (Wildman–Crippen LogP) is 2.21. The van der Waals surface area contributed by atoms with Gasteiger partial charge in [0, 0.05) is 25.2 Å². The smallest absolute Gasteiger partial charge is 0.387 e. The summed E-state index contributed by atoms with van der Waals surface area (Å²) in [7, 11) is 0. The molecule has 1 fully saturated rings. The number of amides is 2.